The fourth-order valence-electron chi connectivity index (χ4n) is 3.38. The molecular formula is C26H46O9. The highest BCUT2D eigenvalue weighted by Gasteiger charge is 2.43. The predicted molar refractivity (Wildman–Crippen MR) is 130 cm³/mol. The first-order valence-electron chi connectivity index (χ1n) is 13.2. The molecule has 0 aliphatic carbocycles. The van der Waals surface area contributed by atoms with E-state index in [0.29, 0.717) is 12.8 Å². The lowest BCUT2D eigenvalue weighted by Crippen LogP contribution is -2.45. The Hall–Kier alpha value is -2.16. The third-order valence-corrected chi connectivity index (χ3v) is 5.40. The van der Waals surface area contributed by atoms with Gasteiger partial charge in [0.2, 0.25) is 0 Å². The SMILES string of the molecule is CCCCCCCCOC(=O)CC(O)(CC(=O)OCCCCCCCC)C(=O)OCC(=O)OCC. The molecular weight excluding hydrogens is 456 g/mol. The zero-order valence-corrected chi connectivity index (χ0v) is 21.9. The summed E-state index contributed by atoms with van der Waals surface area (Å²) < 4.78 is 19.8. The van der Waals surface area contributed by atoms with E-state index in [2.05, 4.69) is 18.6 Å². The van der Waals surface area contributed by atoms with Gasteiger partial charge in [-0.15, -0.1) is 0 Å². The predicted octanol–water partition coefficient (Wildman–Crippen LogP) is 4.41. The Bertz CT molecular complexity index is 572. The van der Waals surface area contributed by atoms with Crippen LogP contribution in [0.5, 0.6) is 0 Å². The van der Waals surface area contributed by atoms with E-state index >= 15 is 0 Å². The summed E-state index contributed by atoms with van der Waals surface area (Å²) in [6.45, 7) is 5.51. The highest BCUT2D eigenvalue weighted by molar-refractivity contribution is 5.91. The zero-order valence-electron chi connectivity index (χ0n) is 21.9. The van der Waals surface area contributed by atoms with E-state index in [9.17, 15) is 24.3 Å². The third kappa shape index (κ3) is 17.9. The van der Waals surface area contributed by atoms with Gasteiger partial charge in [-0.3, -0.25) is 9.59 Å². The zero-order chi connectivity index (χ0) is 26.4. The summed E-state index contributed by atoms with van der Waals surface area (Å²) in [6.07, 6.45) is 10.5. The van der Waals surface area contributed by atoms with Crippen molar-refractivity contribution < 1.29 is 43.2 Å². The molecule has 9 heteroatoms. The highest BCUT2D eigenvalue weighted by Crippen LogP contribution is 2.20. The van der Waals surface area contributed by atoms with Crippen LogP contribution in [-0.4, -0.2) is 61.0 Å². The van der Waals surface area contributed by atoms with E-state index in [-0.39, 0.29) is 19.8 Å². The summed E-state index contributed by atoms with van der Waals surface area (Å²) in [5, 5.41) is 10.8. The lowest BCUT2D eigenvalue weighted by Gasteiger charge is -2.24. The first-order valence-corrected chi connectivity index (χ1v) is 13.2. The molecule has 0 spiro atoms. The van der Waals surface area contributed by atoms with Crippen LogP contribution in [-0.2, 0) is 38.1 Å². The standard InChI is InChI=1S/C26H46O9/c1-4-7-9-11-13-15-17-33-22(27)19-26(31,25(30)35-21-24(29)32-6-3)20-23(28)34-18-16-14-12-10-8-5-2/h31H,4-21H2,1-3H3. The molecule has 0 amide bonds. The molecule has 1 N–H and O–H groups in total. The Labute approximate surface area is 210 Å². The molecule has 0 unspecified atom stereocenters. The number of hydrogen-bond donors (Lipinski definition) is 1. The van der Waals surface area contributed by atoms with Gasteiger partial charge in [-0.25, -0.2) is 9.59 Å². The van der Waals surface area contributed by atoms with Gasteiger partial charge in [0.05, 0.1) is 32.7 Å². The molecule has 204 valence electrons. The van der Waals surface area contributed by atoms with Crippen molar-refractivity contribution in [1.29, 1.82) is 0 Å². The summed E-state index contributed by atoms with van der Waals surface area (Å²) in [5.41, 5.74) is -2.50. The molecule has 0 rings (SSSR count). The van der Waals surface area contributed by atoms with Crippen LogP contribution in [0, 0.1) is 0 Å². The minimum absolute atomic E-state index is 0.0934. The van der Waals surface area contributed by atoms with Crippen molar-refractivity contribution in [3.8, 4) is 0 Å². The lowest BCUT2D eigenvalue weighted by molar-refractivity contribution is -0.180. The van der Waals surface area contributed by atoms with E-state index in [1.807, 2.05) is 0 Å². The smallest absolute Gasteiger partial charge is 0.344 e. The van der Waals surface area contributed by atoms with Crippen LogP contribution in [0.15, 0.2) is 0 Å². The van der Waals surface area contributed by atoms with Crippen molar-refractivity contribution in [2.75, 3.05) is 26.4 Å². The van der Waals surface area contributed by atoms with Gasteiger partial charge in [0, 0.05) is 0 Å². The van der Waals surface area contributed by atoms with E-state index < -0.39 is 48.9 Å². The first kappa shape index (κ1) is 32.8. The minimum Gasteiger partial charge on any atom is -0.466 e. The van der Waals surface area contributed by atoms with Crippen LogP contribution >= 0.6 is 0 Å². The second kappa shape index (κ2) is 21.1. The summed E-state index contributed by atoms with van der Waals surface area (Å²) in [4.78, 5) is 48.5. The van der Waals surface area contributed by atoms with E-state index in [1.165, 1.54) is 0 Å². The number of rotatable bonds is 22. The quantitative estimate of drug-likeness (QED) is 0.130. The number of carbonyl (C=O) groups excluding carboxylic acids is 4. The van der Waals surface area contributed by atoms with Gasteiger partial charge in [-0.2, -0.15) is 0 Å². The molecule has 0 aliphatic heterocycles. The van der Waals surface area contributed by atoms with Crippen LogP contribution in [0.3, 0.4) is 0 Å². The van der Waals surface area contributed by atoms with E-state index in [0.717, 1.165) is 64.2 Å². The van der Waals surface area contributed by atoms with Crippen LogP contribution < -0.4 is 0 Å². The molecule has 9 nitrogen and oxygen atoms in total. The molecule has 0 radical (unpaired) electrons. The fraction of sp³-hybridized carbons (Fsp3) is 0.846. The van der Waals surface area contributed by atoms with Crippen molar-refractivity contribution >= 4 is 23.9 Å². The number of hydrogen-bond acceptors (Lipinski definition) is 9. The van der Waals surface area contributed by atoms with Crippen molar-refractivity contribution in [1.82, 2.24) is 0 Å². The third-order valence-electron chi connectivity index (χ3n) is 5.40. The van der Waals surface area contributed by atoms with Crippen LogP contribution in [0.2, 0.25) is 0 Å². The Balaban J connectivity index is 4.73. The Morgan fingerprint density at radius 2 is 1.00 bits per heavy atom. The molecule has 0 aromatic carbocycles. The Kier molecular flexibility index (Phi) is 19.8. The molecule has 0 saturated heterocycles. The molecule has 0 atom stereocenters. The summed E-state index contributed by atoms with van der Waals surface area (Å²) in [5.74, 6) is -3.76. The Morgan fingerprint density at radius 3 is 1.43 bits per heavy atom. The van der Waals surface area contributed by atoms with Crippen molar-refractivity contribution in [2.24, 2.45) is 0 Å². The molecule has 0 bridgehead atoms. The number of esters is 4. The molecule has 0 aromatic rings. The molecule has 0 heterocycles. The van der Waals surface area contributed by atoms with Gasteiger partial charge in [-0.05, 0) is 19.8 Å². The van der Waals surface area contributed by atoms with Crippen molar-refractivity contribution in [3.63, 3.8) is 0 Å². The van der Waals surface area contributed by atoms with Crippen molar-refractivity contribution in [3.05, 3.63) is 0 Å². The lowest BCUT2D eigenvalue weighted by atomic mass is 9.95. The fourth-order valence-corrected chi connectivity index (χ4v) is 3.38. The van der Waals surface area contributed by atoms with E-state index in [4.69, 9.17) is 14.2 Å². The maximum absolute atomic E-state index is 12.5. The topological polar surface area (TPSA) is 125 Å². The second-order valence-corrected chi connectivity index (χ2v) is 8.74. The van der Waals surface area contributed by atoms with Gasteiger partial charge >= 0.3 is 23.9 Å². The van der Waals surface area contributed by atoms with Gasteiger partial charge in [0.15, 0.2) is 12.2 Å². The molecule has 35 heavy (non-hydrogen) atoms. The largest absolute Gasteiger partial charge is 0.466 e. The summed E-state index contributed by atoms with van der Waals surface area (Å²) in [7, 11) is 0. The van der Waals surface area contributed by atoms with Crippen LogP contribution in [0.1, 0.15) is 111 Å². The molecule has 0 fully saturated rings. The minimum atomic E-state index is -2.50. The highest BCUT2D eigenvalue weighted by atomic mass is 16.6. The molecule has 0 saturated carbocycles. The van der Waals surface area contributed by atoms with Crippen molar-refractivity contribution in [2.45, 2.75) is 116 Å². The van der Waals surface area contributed by atoms with Crippen LogP contribution in [0.25, 0.3) is 0 Å². The van der Waals surface area contributed by atoms with Gasteiger partial charge in [0.25, 0.3) is 0 Å². The van der Waals surface area contributed by atoms with Crippen LogP contribution in [0.4, 0.5) is 0 Å². The molecule has 0 aromatic heterocycles. The second-order valence-electron chi connectivity index (χ2n) is 8.74. The normalized spacial score (nSPS) is 11.1. The average molecular weight is 503 g/mol. The van der Waals surface area contributed by atoms with E-state index in [1.54, 1.807) is 6.92 Å². The molecule has 0 aliphatic rings. The van der Waals surface area contributed by atoms with Gasteiger partial charge in [0.1, 0.15) is 0 Å². The van der Waals surface area contributed by atoms with Gasteiger partial charge < -0.3 is 24.1 Å². The van der Waals surface area contributed by atoms with Gasteiger partial charge in [-0.1, -0.05) is 78.1 Å². The number of aliphatic hydroxyl groups is 1. The average Bonchev–Trinajstić information content (AvgIpc) is 2.81. The summed E-state index contributed by atoms with van der Waals surface area (Å²) >= 11 is 0. The first-order chi connectivity index (χ1) is 16.8. The number of unbranched alkanes of at least 4 members (excludes halogenated alkanes) is 10. The monoisotopic (exact) mass is 502 g/mol. The maximum atomic E-state index is 12.5. The summed E-state index contributed by atoms with van der Waals surface area (Å²) in [6, 6.07) is 0. The maximum Gasteiger partial charge on any atom is 0.344 e. The number of ether oxygens (including phenoxy) is 4. The number of carbonyl (C=O) groups is 4. The Morgan fingerprint density at radius 1 is 0.571 bits per heavy atom.